The predicted octanol–water partition coefficient (Wildman–Crippen LogP) is 3.98. The maximum Gasteiger partial charge on any atom is 0.123 e. The Labute approximate surface area is 126 Å². The minimum absolute atomic E-state index is 0.223. The molecule has 20 heavy (non-hydrogen) atoms. The first-order chi connectivity index (χ1) is 9.60. The van der Waals surface area contributed by atoms with E-state index in [1.165, 1.54) is 12.1 Å². The van der Waals surface area contributed by atoms with Crippen molar-refractivity contribution < 1.29 is 9.13 Å². The van der Waals surface area contributed by atoms with E-state index in [0.29, 0.717) is 13.2 Å². The molecule has 0 radical (unpaired) electrons. The van der Waals surface area contributed by atoms with Crippen molar-refractivity contribution in [3.05, 3.63) is 63.4 Å². The molecule has 0 amide bonds. The largest absolute Gasteiger partial charge is 0.489 e. The molecule has 0 atom stereocenters. The molecule has 0 aliphatic heterocycles. The second kappa shape index (κ2) is 6.86. The first-order valence-electron chi connectivity index (χ1n) is 6.46. The average Bonchev–Trinajstić information content (AvgIpc) is 2.40. The Kier molecular flexibility index (Phi) is 5.15. The van der Waals surface area contributed by atoms with Gasteiger partial charge < -0.3 is 10.5 Å². The van der Waals surface area contributed by atoms with E-state index < -0.39 is 0 Å². The maximum absolute atomic E-state index is 13.1. The summed E-state index contributed by atoms with van der Waals surface area (Å²) in [6.07, 6.45) is 0.761. The number of hydrogen-bond donors (Lipinski definition) is 1. The van der Waals surface area contributed by atoms with Crippen molar-refractivity contribution in [3.8, 4) is 5.75 Å². The van der Waals surface area contributed by atoms with E-state index in [4.69, 9.17) is 10.5 Å². The van der Waals surface area contributed by atoms with Gasteiger partial charge in [0.1, 0.15) is 18.2 Å². The van der Waals surface area contributed by atoms with Crippen molar-refractivity contribution >= 4 is 15.9 Å². The summed E-state index contributed by atoms with van der Waals surface area (Å²) in [5.74, 6) is 0.598. The lowest BCUT2D eigenvalue weighted by molar-refractivity contribution is 0.302. The predicted molar refractivity (Wildman–Crippen MR) is 82.4 cm³/mol. The second-order valence-corrected chi connectivity index (χ2v) is 5.57. The highest BCUT2D eigenvalue weighted by atomic mass is 79.9. The molecule has 0 saturated heterocycles. The minimum atomic E-state index is -0.223. The van der Waals surface area contributed by atoms with Gasteiger partial charge in [-0.2, -0.15) is 0 Å². The van der Waals surface area contributed by atoms with Crippen LogP contribution in [0.3, 0.4) is 0 Å². The molecule has 2 rings (SSSR count). The Morgan fingerprint density at radius 1 is 1.15 bits per heavy atom. The fourth-order valence-corrected chi connectivity index (χ4v) is 2.42. The monoisotopic (exact) mass is 337 g/mol. The summed E-state index contributed by atoms with van der Waals surface area (Å²) >= 11 is 3.44. The van der Waals surface area contributed by atoms with Gasteiger partial charge in [-0.25, -0.2) is 4.39 Å². The number of ether oxygens (including phenoxy) is 1. The topological polar surface area (TPSA) is 35.2 Å². The van der Waals surface area contributed by atoms with Gasteiger partial charge in [-0.3, -0.25) is 0 Å². The summed E-state index contributed by atoms with van der Waals surface area (Å²) in [6.45, 7) is 2.87. The fraction of sp³-hybridized carbons (Fsp3) is 0.250. The van der Waals surface area contributed by atoms with E-state index in [1.807, 2.05) is 25.1 Å². The quantitative estimate of drug-likeness (QED) is 0.895. The molecule has 0 aromatic heterocycles. The number of benzene rings is 2. The molecule has 0 fully saturated rings. The normalized spacial score (nSPS) is 10.6. The van der Waals surface area contributed by atoms with E-state index >= 15 is 0 Å². The van der Waals surface area contributed by atoms with Crippen LogP contribution in [0.25, 0.3) is 0 Å². The molecule has 2 N–H and O–H groups in total. The van der Waals surface area contributed by atoms with Crippen LogP contribution in [0.2, 0.25) is 0 Å². The van der Waals surface area contributed by atoms with E-state index in [2.05, 4.69) is 15.9 Å². The molecule has 0 saturated carbocycles. The van der Waals surface area contributed by atoms with Gasteiger partial charge in [-0.15, -0.1) is 0 Å². The van der Waals surface area contributed by atoms with Crippen molar-refractivity contribution in [2.24, 2.45) is 5.73 Å². The number of halogens is 2. The molecule has 0 heterocycles. The molecule has 2 aromatic rings. The van der Waals surface area contributed by atoms with E-state index in [-0.39, 0.29) is 5.82 Å². The zero-order valence-corrected chi connectivity index (χ0v) is 12.9. The summed E-state index contributed by atoms with van der Waals surface area (Å²) in [5.41, 5.74) is 8.56. The second-order valence-electron chi connectivity index (χ2n) is 4.65. The van der Waals surface area contributed by atoms with Crippen LogP contribution in [0.15, 0.2) is 40.9 Å². The standard InChI is InChI=1S/C16H17BrFNO/c1-11-8-15(18)4-2-13(11)10-20-16-5-3-14(17)9-12(16)6-7-19/h2-5,8-9H,6-7,10,19H2,1H3. The van der Waals surface area contributed by atoms with E-state index in [1.54, 1.807) is 6.07 Å². The molecule has 0 aliphatic rings. The maximum atomic E-state index is 13.1. The number of hydrogen-bond acceptors (Lipinski definition) is 2. The first-order valence-corrected chi connectivity index (χ1v) is 7.26. The number of nitrogens with two attached hydrogens (primary N) is 1. The summed E-state index contributed by atoms with van der Waals surface area (Å²) in [5, 5.41) is 0. The molecule has 0 aliphatic carbocycles. The highest BCUT2D eigenvalue weighted by Crippen LogP contribution is 2.25. The van der Waals surface area contributed by atoms with Gasteiger partial charge in [0.2, 0.25) is 0 Å². The van der Waals surface area contributed by atoms with Crippen molar-refractivity contribution in [1.29, 1.82) is 0 Å². The molecule has 4 heteroatoms. The van der Waals surface area contributed by atoms with Gasteiger partial charge in [0.25, 0.3) is 0 Å². The summed E-state index contributed by atoms with van der Waals surface area (Å²) < 4.78 is 19.9. The van der Waals surface area contributed by atoms with Gasteiger partial charge in [0.05, 0.1) is 0 Å². The van der Waals surface area contributed by atoms with Crippen LogP contribution >= 0.6 is 15.9 Å². The van der Waals surface area contributed by atoms with Crippen molar-refractivity contribution in [2.45, 2.75) is 20.0 Å². The third kappa shape index (κ3) is 3.81. The van der Waals surface area contributed by atoms with Gasteiger partial charge in [-0.05, 0) is 66.9 Å². The zero-order valence-electron chi connectivity index (χ0n) is 11.3. The van der Waals surface area contributed by atoms with E-state index in [0.717, 1.165) is 33.3 Å². The van der Waals surface area contributed by atoms with Gasteiger partial charge >= 0.3 is 0 Å². The Morgan fingerprint density at radius 3 is 2.65 bits per heavy atom. The summed E-state index contributed by atoms with van der Waals surface area (Å²) in [7, 11) is 0. The molecular weight excluding hydrogens is 321 g/mol. The SMILES string of the molecule is Cc1cc(F)ccc1COc1ccc(Br)cc1CCN. The van der Waals surface area contributed by atoms with Crippen LogP contribution in [-0.4, -0.2) is 6.54 Å². The molecule has 0 bridgehead atoms. The van der Waals surface area contributed by atoms with Crippen molar-refractivity contribution in [3.63, 3.8) is 0 Å². The summed E-state index contributed by atoms with van der Waals surface area (Å²) in [4.78, 5) is 0. The van der Waals surface area contributed by atoms with E-state index in [9.17, 15) is 4.39 Å². The van der Waals surface area contributed by atoms with Crippen LogP contribution in [0.1, 0.15) is 16.7 Å². The highest BCUT2D eigenvalue weighted by Gasteiger charge is 2.06. The Bertz CT molecular complexity index is 601. The Morgan fingerprint density at radius 2 is 1.95 bits per heavy atom. The van der Waals surface area contributed by atoms with Crippen LogP contribution in [0.4, 0.5) is 4.39 Å². The van der Waals surface area contributed by atoms with Crippen molar-refractivity contribution in [1.82, 2.24) is 0 Å². The third-order valence-corrected chi connectivity index (χ3v) is 3.62. The van der Waals surface area contributed by atoms with Gasteiger partial charge in [0.15, 0.2) is 0 Å². The smallest absolute Gasteiger partial charge is 0.123 e. The lowest BCUT2D eigenvalue weighted by Gasteiger charge is -2.13. The summed E-state index contributed by atoms with van der Waals surface area (Å²) in [6, 6.07) is 10.6. The van der Waals surface area contributed by atoms with Crippen LogP contribution in [0, 0.1) is 12.7 Å². The average molecular weight is 338 g/mol. The molecule has 0 unspecified atom stereocenters. The lowest BCUT2D eigenvalue weighted by atomic mass is 10.1. The van der Waals surface area contributed by atoms with Gasteiger partial charge in [-0.1, -0.05) is 22.0 Å². The number of rotatable bonds is 5. The molecule has 2 aromatic carbocycles. The van der Waals surface area contributed by atoms with Gasteiger partial charge in [0, 0.05) is 4.47 Å². The fourth-order valence-electron chi connectivity index (χ4n) is 2.02. The third-order valence-electron chi connectivity index (χ3n) is 3.12. The molecule has 106 valence electrons. The minimum Gasteiger partial charge on any atom is -0.489 e. The van der Waals surface area contributed by atoms with Crippen LogP contribution < -0.4 is 10.5 Å². The highest BCUT2D eigenvalue weighted by molar-refractivity contribution is 9.10. The first kappa shape index (κ1) is 15.0. The van der Waals surface area contributed by atoms with Crippen LogP contribution in [-0.2, 0) is 13.0 Å². The Balaban J connectivity index is 2.14. The van der Waals surface area contributed by atoms with Crippen molar-refractivity contribution in [2.75, 3.05) is 6.54 Å². The lowest BCUT2D eigenvalue weighted by Crippen LogP contribution is -2.06. The molecule has 0 spiro atoms. The number of aryl methyl sites for hydroxylation is 1. The molecule has 2 nitrogen and oxygen atoms in total. The Hall–Kier alpha value is -1.39. The molecular formula is C16H17BrFNO. The zero-order chi connectivity index (χ0) is 14.5. The van der Waals surface area contributed by atoms with Crippen LogP contribution in [0.5, 0.6) is 5.75 Å².